The van der Waals surface area contributed by atoms with Gasteiger partial charge in [-0.2, -0.15) is 0 Å². The number of aryl methyl sites for hydroxylation is 1. The molecular weight excluding hydrogens is 290 g/mol. The van der Waals surface area contributed by atoms with Crippen molar-refractivity contribution >= 4 is 23.0 Å². The first-order valence-electron chi connectivity index (χ1n) is 8.55. The van der Waals surface area contributed by atoms with Crippen LogP contribution in [-0.2, 0) is 0 Å². The summed E-state index contributed by atoms with van der Waals surface area (Å²) in [7, 11) is 0. The summed E-state index contributed by atoms with van der Waals surface area (Å²) in [6.07, 6.45) is 4.84. The maximum absolute atomic E-state index is 5.69. The monoisotopic (exact) mass is 319 g/mol. The molecule has 1 aliphatic rings. The van der Waals surface area contributed by atoms with Crippen molar-refractivity contribution in [3.63, 3.8) is 0 Å². The molecule has 1 saturated heterocycles. The van der Waals surface area contributed by atoms with Gasteiger partial charge < -0.3 is 15.1 Å². The predicted molar refractivity (Wildman–Crippen MR) is 99.6 cm³/mol. The van der Waals surface area contributed by atoms with Crippen LogP contribution in [0.1, 0.15) is 38.2 Å². The van der Waals surface area contributed by atoms with Crippen LogP contribution < -0.4 is 5.32 Å². The first kappa shape index (κ1) is 17.1. The third-order valence-electron chi connectivity index (χ3n) is 4.13. The van der Waals surface area contributed by atoms with Gasteiger partial charge in [0.25, 0.3) is 0 Å². The molecule has 1 aromatic rings. The normalized spacial score (nSPS) is 14.2. The van der Waals surface area contributed by atoms with E-state index in [2.05, 4.69) is 53.2 Å². The molecule has 0 saturated carbocycles. The summed E-state index contributed by atoms with van der Waals surface area (Å²) in [6.45, 7) is 9.73. The molecule has 0 unspecified atom stereocenters. The lowest BCUT2D eigenvalue weighted by molar-refractivity contribution is 0.355. The Hall–Kier alpha value is -1.29. The second kappa shape index (κ2) is 8.99. The molecule has 0 radical (unpaired) electrons. The van der Waals surface area contributed by atoms with Gasteiger partial charge in [-0.25, -0.2) is 0 Å². The largest absolute Gasteiger partial charge is 0.385 e. The predicted octanol–water partition coefficient (Wildman–Crippen LogP) is 3.89. The summed E-state index contributed by atoms with van der Waals surface area (Å²) in [4.78, 5) is 4.76. The van der Waals surface area contributed by atoms with Crippen LogP contribution in [0.15, 0.2) is 24.3 Å². The Kier molecular flexibility index (Phi) is 6.97. The van der Waals surface area contributed by atoms with Gasteiger partial charge in [-0.3, -0.25) is 0 Å². The van der Waals surface area contributed by atoms with Gasteiger partial charge in [0.15, 0.2) is 5.11 Å². The topological polar surface area (TPSA) is 18.5 Å². The number of hydrogen-bond donors (Lipinski definition) is 1. The molecule has 0 aromatic heterocycles. The summed E-state index contributed by atoms with van der Waals surface area (Å²) in [5, 5.41) is 4.56. The standard InChI is InChI=1S/C18H29N3S/c1-3-12-20(18(22)21-13-4-5-14-21)15-6-11-19-17-9-7-16(2)8-10-17/h7-10,19H,3-6,11-15H2,1-2H3. The molecule has 122 valence electrons. The highest BCUT2D eigenvalue weighted by Crippen LogP contribution is 2.12. The second-order valence-corrected chi connectivity index (χ2v) is 6.48. The van der Waals surface area contributed by atoms with E-state index in [-0.39, 0.29) is 0 Å². The molecule has 0 amide bonds. The van der Waals surface area contributed by atoms with E-state index in [0.717, 1.165) is 50.7 Å². The number of anilines is 1. The highest BCUT2D eigenvalue weighted by molar-refractivity contribution is 7.80. The van der Waals surface area contributed by atoms with Crippen molar-refractivity contribution in [2.45, 2.75) is 39.5 Å². The molecule has 1 aliphatic heterocycles. The minimum absolute atomic E-state index is 0.992. The molecular formula is C18H29N3S. The van der Waals surface area contributed by atoms with E-state index in [4.69, 9.17) is 12.2 Å². The van der Waals surface area contributed by atoms with E-state index in [1.807, 2.05) is 0 Å². The van der Waals surface area contributed by atoms with Crippen LogP contribution in [0, 0.1) is 6.92 Å². The van der Waals surface area contributed by atoms with E-state index < -0.39 is 0 Å². The first-order valence-corrected chi connectivity index (χ1v) is 8.96. The maximum atomic E-state index is 5.69. The molecule has 1 heterocycles. The van der Waals surface area contributed by atoms with Gasteiger partial charge in [0.05, 0.1) is 0 Å². The Morgan fingerprint density at radius 3 is 2.50 bits per heavy atom. The highest BCUT2D eigenvalue weighted by Gasteiger charge is 2.19. The number of thiocarbonyl (C=S) groups is 1. The van der Waals surface area contributed by atoms with Crippen LogP contribution >= 0.6 is 12.2 Å². The van der Waals surface area contributed by atoms with Crippen molar-refractivity contribution in [2.75, 3.05) is 38.0 Å². The number of rotatable bonds is 7. The molecule has 0 spiro atoms. The van der Waals surface area contributed by atoms with Crippen molar-refractivity contribution in [2.24, 2.45) is 0 Å². The van der Waals surface area contributed by atoms with Crippen LogP contribution in [-0.4, -0.2) is 47.6 Å². The molecule has 1 aromatic carbocycles. The van der Waals surface area contributed by atoms with Crippen molar-refractivity contribution in [1.82, 2.24) is 9.80 Å². The van der Waals surface area contributed by atoms with Crippen molar-refractivity contribution < 1.29 is 0 Å². The summed E-state index contributed by atoms with van der Waals surface area (Å²) < 4.78 is 0. The smallest absolute Gasteiger partial charge is 0.171 e. The maximum Gasteiger partial charge on any atom is 0.171 e. The molecule has 0 bridgehead atoms. The Labute approximate surface area is 140 Å². The quantitative estimate of drug-likeness (QED) is 0.607. The van der Waals surface area contributed by atoms with E-state index in [1.165, 1.54) is 24.1 Å². The minimum Gasteiger partial charge on any atom is -0.385 e. The van der Waals surface area contributed by atoms with E-state index in [0.29, 0.717) is 0 Å². The molecule has 1 fully saturated rings. The lowest BCUT2D eigenvalue weighted by atomic mass is 10.2. The number of likely N-dealkylation sites (tertiary alicyclic amines) is 1. The fourth-order valence-corrected chi connectivity index (χ4v) is 3.22. The van der Waals surface area contributed by atoms with E-state index >= 15 is 0 Å². The van der Waals surface area contributed by atoms with E-state index in [1.54, 1.807) is 0 Å². The van der Waals surface area contributed by atoms with Crippen LogP contribution in [0.5, 0.6) is 0 Å². The second-order valence-electron chi connectivity index (χ2n) is 6.11. The number of benzene rings is 1. The molecule has 22 heavy (non-hydrogen) atoms. The minimum atomic E-state index is 0.992. The van der Waals surface area contributed by atoms with Crippen molar-refractivity contribution in [3.05, 3.63) is 29.8 Å². The van der Waals surface area contributed by atoms with Gasteiger partial charge in [0.1, 0.15) is 0 Å². The fourth-order valence-electron chi connectivity index (χ4n) is 2.86. The van der Waals surface area contributed by atoms with Crippen LogP contribution in [0.4, 0.5) is 5.69 Å². The molecule has 0 aliphatic carbocycles. The zero-order valence-corrected chi connectivity index (χ0v) is 14.8. The summed E-state index contributed by atoms with van der Waals surface area (Å²) >= 11 is 5.69. The summed E-state index contributed by atoms with van der Waals surface area (Å²) in [5.41, 5.74) is 2.50. The number of nitrogens with zero attached hydrogens (tertiary/aromatic N) is 2. The first-order chi connectivity index (χ1) is 10.7. The highest BCUT2D eigenvalue weighted by atomic mass is 32.1. The van der Waals surface area contributed by atoms with Crippen LogP contribution in [0.25, 0.3) is 0 Å². The van der Waals surface area contributed by atoms with Gasteiger partial charge in [0, 0.05) is 38.4 Å². The van der Waals surface area contributed by atoms with E-state index in [9.17, 15) is 0 Å². The zero-order chi connectivity index (χ0) is 15.8. The van der Waals surface area contributed by atoms with Gasteiger partial charge in [0.2, 0.25) is 0 Å². The Morgan fingerprint density at radius 2 is 1.86 bits per heavy atom. The molecule has 2 rings (SSSR count). The SMILES string of the molecule is CCCN(CCCNc1ccc(C)cc1)C(=S)N1CCCC1. The lowest BCUT2D eigenvalue weighted by Gasteiger charge is -2.31. The Bertz CT molecular complexity index is 452. The van der Waals surface area contributed by atoms with Gasteiger partial charge in [-0.15, -0.1) is 0 Å². The lowest BCUT2D eigenvalue weighted by Crippen LogP contribution is -2.42. The van der Waals surface area contributed by atoms with Crippen molar-refractivity contribution in [1.29, 1.82) is 0 Å². The summed E-state index contributed by atoms with van der Waals surface area (Å²) in [5.74, 6) is 0. The average Bonchev–Trinajstić information content (AvgIpc) is 3.06. The van der Waals surface area contributed by atoms with Gasteiger partial charge >= 0.3 is 0 Å². The third-order valence-corrected chi connectivity index (χ3v) is 4.64. The number of hydrogen-bond acceptors (Lipinski definition) is 2. The molecule has 3 nitrogen and oxygen atoms in total. The fraction of sp³-hybridized carbons (Fsp3) is 0.611. The van der Waals surface area contributed by atoms with Gasteiger partial charge in [-0.05, 0) is 57.0 Å². The van der Waals surface area contributed by atoms with Crippen molar-refractivity contribution in [3.8, 4) is 0 Å². The third kappa shape index (κ3) is 5.16. The molecule has 0 atom stereocenters. The average molecular weight is 320 g/mol. The van der Waals surface area contributed by atoms with Crippen LogP contribution in [0.3, 0.4) is 0 Å². The Morgan fingerprint density at radius 1 is 1.18 bits per heavy atom. The van der Waals surface area contributed by atoms with Gasteiger partial charge in [-0.1, -0.05) is 24.6 Å². The summed E-state index contributed by atoms with van der Waals surface area (Å²) in [6, 6.07) is 8.59. The number of nitrogens with one attached hydrogen (secondary N) is 1. The van der Waals surface area contributed by atoms with Crippen LogP contribution in [0.2, 0.25) is 0 Å². The Balaban J connectivity index is 1.74. The zero-order valence-electron chi connectivity index (χ0n) is 14.0. The molecule has 4 heteroatoms. The molecule has 1 N–H and O–H groups in total.